The van der Waals surface area contributed by atoms with E-state index in [1.165, 1.54) is 22.7 Å². The first-order valence-electron chi connectivity index (χ1n) is 5.06. The highest BCUT2D eigenvalue weighted by atomic mass is 32.1. The molecule has 3 nitrogen and oxygen atoms in total. The number of hydrogen-bond acceptors (Lipinski definition) is 5. The first kappa shape index (κ1) is 13.0. The van der Waals surface area contributed by atoms with Crippen molar-refractivity contribution in [3.63, 3.8) is 0 Å². The normalized spacial score (nSPS) is 9.50. The van der Waals surface area contributed by atoms with Gasteiger partial charge in [0.25, 0.3) is 0 Å². The summed E-state index contributed by atoms with van der Waals surface area (Å²) in [6.07, 6.45) is 1.74. The van der Waals surface area contributed by atoms with Gasteiger partial charge >= 0.3 is 0 Å². The van der Waals surface area contributed by atoms with Crippen LogP contribution in [0, 0.1) is 6.92 Å². The highest BCUT2D eigenvalue weighted by molar-refractivity contribution is 7.21. The molecule has 16 heavy (non-hydrogen) atoms. The fourth-order valence-electron chi connectivity index (χ4n) is 1.14. The molecular formula is C11H14N2OS2. The van der Waals surface area contributed by atoms with Gasteiger partial charge in [-0.05, 0) is 6.92 Å². The number of carbonyl (C=O) groups is 1. The second kappa shape index (κ2) is 5.86. The van der Waals surface area contributed by atoms with E-state index >= 15 is 0 Å². The summed E-state index contributed by atoms with van der Waals surface area (Å²) < 4.78 is 0. The van der Waals surface area contributed by atoms with Crippen molar-refractivity contribution < 1.29 is 4.79 Å². The molecule has 0 saturated carbocycles. The minimum absolute atomic E-state index is 0.0720. The largest absolute Gasteiger partial charge is 0.294 e. The van der Waals surface area contributed by atoms with E-state index in [1.807, 2.05) is 26.2 Å². The van der Waals surface area contributed by atoms with Gasteiger partial charge in [-0.3, -0.25) is 4.79 Å². The van der Waals surface area contributed by atoms with E-state index in [-0.39, 0.29) is 5.78 Å². The molecule has 0 N–H and O–H groups in total. The fraction of sp³-hybridized carbons (Fsp3) is 0.364. The van der Waals surface area contributed by atoms with Crippen LogP contribution in [0.25, 0.3) is 10.0 Å². The summed E-state index contributed by atoms with van der Waals surface area (Å²) in [6, 6.07) is 0. The zero-order valence-corrected chi connectivity index (χ0v) is 11.4. The number of thiazole rings is 2. The summed E-state index contributed by atoms with van der Waals surface area (Å²) in [6.45, 7) is 7.41. The SMILES string of the molecule is CC.CC(=O)c1sc(-c2nccs2)nc1C. The molecule has 0 spiro atoms. The Balaban J connectivity index is 0.000000606. The van der Waals surface area contributed by atoms with Gasteiger partial charge in [-0.2, -0.15) is 0 Å². The average molecular weight is 254 g/mol. The van der Waals surface area contributed by atoms with Crippen molar-refractivity contribution in [3.8, 4) is 10.0 Å². The third-order valence-electron chi connectivity index (χ3n) is 1.73. The Morgan fingerprint density at radius 3 is 2.44 bits per heavy atom. The molecule has 0 saturated heterocycles. The Morgan fingerprint density at radius 2 is 2.00 bits per heavy atom. The molecule has 5 heteroatoms. The van der Waals surface area contributed by atoms with Crippen LogP contribution < -0.4 is 0 Å². The van der Waals surface area contributed by atoms with Gasteiger partial charge in [0.2, 0.25) is 0 Å². The van der Waals surface area contributed by atoms with Crippen molar-refractivity contribution in [1.29, 1.82) is 0 Å². The summed E-state index contributed by atoms with van der Waals surface area (Å²) in [5.41, 5.74) is 0.799. The van der Waals surface area contributed by atoms with Gasteiger partial charge in [-0.15, -0.1) is 22.7 Å². The molecule has 0 unspecified atom stereocenters. The lowest BCUT2D eigenvalue weighted by Crippen LogP contribution is -1.89. The summed E-state index contributed by atoms with van der Waals surface area (Å²) in [5.74, 6) is 0.0720. The maximum Gasteiger partial charge on any atom is 0.171 e. The Kier molecular flexibility index (Phi) is 4.76. The lowest BCUT2D eigenvalue weighted by Gasteiger charge is -1.85. The Bertz CT molecular complexity index is 460. The van der Waals surface area contributed by atoms with Crippen LogP contribution >= 0.6 is 22.7 Å². The van der Waals surface area contributed by atoms with Crippen LogP contribution in [0.2, 0.25) is 0 Å². The van der Waals surface area contributed by atoms with E-state index in [1.54, 1.807) is 13.1 Å². The third-order valence-corrected chi connectivity index (χ3v) is 3.91. The van der Waals surface area contributed by atoms with Crippen LogP contribution in [0.4, 0.5) is 0 Å². The van der Waals surface area contributed by atoms with Crippen LogP contribution in [0.3, 0.4) is 0 Å². The molecule has 2 rings (SSSR count). The average Bonchev–Trinajstić information content (AvgIpc) is 2.88. The minimum Gasteiger partial charge on any atom is -0.294 e. The number of aromatic nitrogens is 2. The summed E-state index contributed by atoms with van der Waals surface area (Å²) in [5, 5.41) is 3.62. The van der Waals surface area contributed by atoms with Gasteiger partial charge in [0.15, 0.2) is 15.8 Å². The minimum atomic E-state index is 0.0720. The van der Waals surface area contributed by atoms with E-state index in [0.29, 0.717) is 0 Å². The molecule has 0 amide bonds. The van der Waals surface area contributed by atoms with Gasteiger partial charge in [0.05, 0.1) is 10.6 Å². The Labute approximate surface area is 103 Å². The van der Waals surface area contributed by atoms with Gasteiger partial charge in [-0.1, -0.05) is 13.8 Å². The highest BCUT2D eigenvalue weighted by Gasteiger charge is 2.13. The fourth-order valence-corrected chi connectivity index (χ4v) is 2.78. The van der Waals surface area contributed by atoms with E-state index in [9.17, 15) is 4.79 Å². The molecule has 2 aromatic rings. The number of carbonyl (C=O) groups excluding carboxylic acids is 1. The zero-order chi connectivity index (χ0) is 12.1. The van der Waals surface area contributed by atoms with Crippen LogP contribution in [-0.2, 0) is 0 Å². The van der Waals surface area contributed by atoms with Crippen LogP contribution in [0.1, 0.15) is 36.1 Å². The molecule has 2 heterocycles. The second-order valence-electron chi connectivity index (χ2n) is 2.83. The Morgan fingerprint density at radius 1 is 1.31 bits per heavy atom. The topological polar surface area (TPSA) is 42.9 Å². The molecule has 0 aliphatic heterocycles. The van der Waals surface area contributed by atoms with Crippen molar-refractivity contribution in [1.82, 2.24) is 9.97 Å². The lowest BCUT2D eigenvalue weighted by molar-refractivity contribution is 0.102. The first-order valence-corrected chi connectivity index (χ1v) is 6.76. The molecule has 0 aliphatic carbocycles. The molecule has 0 fully saturated rings. The van der Waals surface area contributed by atoms with Crippen molar-refractivity contribution in [2.75, 3.05) is 0 Å². The maximum atomic E-state index is 11.2. The molecule has 0 atom stereocenters. The predicted molar refractivity (Wildman–Crippen MR) is 69.3 cm³/mol. The van der Waals surface area contributed by atoms with Crippen LogP contribution in [-0.4, -0.2) is 15.8 Å². The summed E-state index contributed by atoms with van der Waals surface area (Å²) in [7, 11) is 0. The monoisotopic (exact) mass is 254 g/mol. The molecule has 0 aromatic carbocycles. The van der Waals surface area contributed by atoms with Gasteiger partial charge in [-0.25, -0.2) is 9.97 Å². The maximum absolute atomic E-state index is 11.2. The first-order chi connectivity index (χ1) is 7.68. The van der Waals surface area contributed by atoms with Crippen LogP contribution in [0.15, 0.2) is 11.6 Å². The van der Waals surface area contributed by atoms with E-state index < -0.39 is 0 Å². The molecule has 2 aromatic heterocycles. The Hall–Kier alpha value is -1.07. The van der Waals surface area contributed by atoms with E-state index in [2.05, 4.69) is 9.97 Å². The second-order valence-corrected chi connectivity index (χ2v) is 4.72. The predicted octanol–water partition coefficient (Wildman–Crippen LogP) is 3.80. The number of hydrogen-bond donors (Lipinski definition) is 0. The van der Waals surface area contributed by atoms with Crippen LogP contribution in [0.5, 0.6) is 0 Å². The molecule has 86 valence electrons. The third kappa shape index (κ3) is 2.74. The van der Waals surface area contributed by atoms with Gasteiger partial charge < -0.3 is 0 Å². The zero-order valence-electron chi connectivity index (χ0n) is 9.77. The van der Waals surface area contributed by atoms with E-state index in [4.69, 9.17) is 0 Å². The van der Waals surface area contributed by atoms with Crippen molar-refractivity contribution in [2.24, 2.45) is 0 Å². The van der Waals surface area contributed by atoms with Gasteiger partial charge in [0, 0.05) is 18.5 Å². The lowest BCUT2D eigenvalue weighted by atomic mass is 10.3. The number of rotatable bonds is 2. The summed E-state index contributed by atoms with van der Waals surface area (Å²) in [4.78, 5) is 20.4. The van der Waals surface area contributed by atoms with E-state index in [0.717, 1.165) is 20.6 Å². The number of nitrogens with zero attached hydrogens (tertiary/aromatic N) is 2. The molecular weight excluding hydrogens is 240 g/mol. The van der Waals surface area contributed by atoms with Gasteiger partial charge in [0.1, 0.15) is 0 Å². The van der Waals surface area contributed by atoms with Crippen molar-refractivity contribution in [3.05, 3.63) is 22.1 Å². The quantitative estimate of drug-likeness (QED) is 0.765. The number of ketones is 1. The summed E-state index contributed by atoms with van der Waals surface area (Å²) >= 11 is 2.95. The molecule has 0 bridgehead atoms. The highest BCUT2D eigenvalue weighted by Crippen LogP contribution is 2.29. The molecule has 0 radical (unpaired) electrons. The van der Waals surface area contributed by atoms with Crippen molar-refractivity contribution in [2.45, 2.75) is 27.7 Å². The smallest absolute Gasteiger partial charge is 0.171 e. The standard InChI is InChI=1S/C9H8N2OS2.C2H6/c1-5-7(6(2)12)14-9(11-5)8-10-3-4-13-8;1-2/h3-4H,1-2H3;1-2H3. The number of aryl methyl sites for hydroxylation is 1. The molecule has 0 aliphatic rings. The van der Waals surface area contributed by atoms with Crippen molar-refractivity contribution >= 4 is 28.5 Å². The number of Topliss-reactive ketones (excluding diaryl/α,β-unsaturated/α-hetero) is 1.